The molecule has 0 aliphatic carbocycles. The maximum absolute atomic E-state index is 11.9. The lowest BCUT2D eigenvalue weighted by atomic mass is 10.2. The molecule has 4 heteroatoms. The van der Waals surface area contributed by atoms with Crippen molar-refractivity contribution in [3.05, 3.63) is 102 Å². The van der Waals surface area contributed by atoms with Gasteiger partial charge in [-0.3, -0.25) is 4.79 Å². The fourth-order valence-electron chi connectivity index (χ4n) is 2.62. The van der Waals surface area contributed by atoms with Crippen LogP contribution in [0.2, 0.25) is 0 Å². The molecular formula is C25H25NO3. The molecule has 0 fully saturated rings. The SMILES string of the molecule is Cc1ccc(OCCNC(=O)/C=C/c2ccc(OCc3ccccc3)cc2)cc1. The number of carbonyl (C=O) groups excluding carboxylic acids is 1. The van der Waals surface area contributed by atoms with Crippen LogP contribution in [0.1, 0.15) is 16.7 Å². The van der Waals surface area contributed by atoms with Crippen molar-refractivity contribution < 1.29 is 14.3 Å². The van der Waals surface area contributed by atoms with E-state index in [2.05, 4.69) is 5.32 Å². The van der Waals surface area contributed by atoms with Crippen LogP contribution in [0.3, 0.4) is 0 Å². The number of amides is 1. The summed E-state index contributed by atoms with van der Waals surface area (Å²) in [5.74, 6) is 1.44. The van der Waals surface area contributed by atoms with Crippen LogP contribution in [-0.2, 0) is 11.4 Å². The average molecular weight is 387 g/mol. The lowest BCUT2D eigenvalue weighted by Crippen LogP contribution is -2.26. The maximum atomic E-state index is 11.9. The van der Waals surface area contributed by atoms with E-state index in [0.29, 0.717) is 19.8 Å². The molecular weight excluding hydrogens is 362 g/mol. The van der Waals surface area contributed by atoms with E-state index in [-0.39, 0.29) is 5.91 Å². The largest absolute Gasteiger partial charge is 0.492 e. The first-order valence-electron chi connectivity index (χ1n) is 9.61. The molecule has 1 N–H and O–H groups in total. The summed E-state index contributed by atoms with van der Waals surface area (Å²) in [7, 11) is 0. The van der Waals surface area contributed by atoms with Gasteiger partial charge in [0.05, 0.1) is 6.54 Å². The Bertz CT molecular complexity index is 917. The second-order valence-electron chi connectivity index (χ2n) is 6.63. The average Bonchev–Trinajstić information content (AvgIpc) is 2.76. The Kier molecular flexibility index (Phi) is 7.47. The Balaban J connectivity index is 1.37. The van der Waals surface area contributed by atoms with Crippen molar-refractivity contribution in [2.24, 2.45) is 0 Å². The van der Waals surface area contributed by atoms with E-state index in [1.165, 1.54) is 11.6 Å². The van der Waals surface area contributed by atoms with E-state index in [0.717, 1.165) is 22.6 Å². The molecule has 0 aliphatic rings. The Morgan fingerprint density at radius 3 is 2.24 bits per heavy atom. The van der Waals surface area contributed by atoms with Crippen molar-refractivity contribution >= 4 is 12.0 Å². The highest BCUT2D eigenvalue weighted by Crippen LogP contribution is 2.15. The van der Waals surface area contributed by atoms with Crippen LogP contribution in [0.5, 0.6) is 11.5 Å². The molecule has 3 aromatic rings. The quantitative estimate of drug-likeness (QED) is 0.424. The predicted molar refractivity (Wildman–Crippen MR) is 116 cm³/mol. The number of ether oxygens (including phenoxy) is 2. The summed E-state index contributed by atoms with van der Waals surface area (Å²) in [6.07, 6.45) is 3.29. The van der Waals surface area contributed by atoms with Gasteiger partial charge >= 0.3 is 0 Å². The molecule has 0 spiro atoms. The molecule has 1 amide bonds. The van der Waals surface area contributed by atoms with E-state index >= 15 is 0 Å². The molecule has 0 heterocycles. The highest BCUT2D eigenvalue weighted by atomic mass is 16.5. The molecule has 0 bridgehead atoms. The van der Waals surface area contributed by atoms with E-state index in [1.807, 2.05) is 85.8 Å². The maximum Gasteiger partial charge on any atom is 0.244 e. The highest BCUT2D eigenvalue weighted by molar-refractivity contribution is 5.91. The van der Waals surface area contributed by atoms with Crippen LogP contribution in [-0.4, -0.2) is 19.1 Å². The fourth-order valence-corrected chi connectivity index (χ4v) is 2.62. The molecule has 3 rings (SSSR count). The Morgan fingerprint density at radius 1 is 0.862 bits per heavy atom. The van der Waals surface area contributed by atoms with Crippen LogP contribution in [0.15, 0.2) is 84.9 Å². The van der Waals surface area contributed by atoms with Gasteiger partial charge in [-0.15, -0.1) is 0 Å². The van der Waals surface area contributed by atoms with E-state index < -0.39 is 0 Å². The van der Waals surface area contributed by atoms with Gasteiger partial charge < -0.3 is 14.8 Å². The molecule has 0 saturated heterocycles. The minimum absolute atomic E-state index is 0.151. The topological polar surface area (TPSA) is 47.6 Å². The third kappa shape index (κ3) is 7.18. The Labute approximate surface area is 171 Å². The first-order chi connectivity index (χ1) is 14.2. The van der Waals surface area contributed by atoms with Crippen molar-refractivity contribution in [2.45, 2.75) is 13.5 Å². The van der Waals surface area contributed by atoms with Crippen molar-refractivity contribution in [1.29, 1.82) is 0 Å². The number of benzene rings is 3. The third-order valence-corrected chi connectivity index (χ3v) is 4.25. The monoisotopic (exact) mass is 387 g/mol. The molecule has 4 nitrogen and oxygen atoms in total. The van der Waals surface area contributed by atoms with Gasteiger partial charge in [0.15, 0.2) is 0 Å². The zero-order valence-electron chi connectivity index (χ0n) is 16.5. The smallest absolute Gasteiger partial charge is 0.244 e. The number of hydrogen-bond acceptors (Lipinski definition) is 3. The van der Waals surface area contributed by atoms with Gasteiger partial charge in [-0.25, -0.2) is 0 Å². The van der Waals surface area contributed by atoms with Crippen LogP contribution in [0, 0.1) is 6.92 Å². The fraction of sp³-hybridized carbons (Fsp3) is 0.160. The van der Waals surface area contributed by atoms with Crippen LogP contribution >= 0.6 is 0 Å². The third-order valence-electron chi connectivity index (χ3n) is 4.25. The molecule has 29 heavy (non-hydrogen) atoms. The van der Waals surface area contributed by atoms with Gasteiger partial charge in [0.1, 0.15) is 24.7 Å². The molecule has 0 saturated carbocycles. The summed E-state index contributed by atoms with van der Waals surface area (Å²) in [6.45, 7) is 3.43. The van der Waals surface area contributed by atoms with Crippen molar-refractivity contribution in [2.75, 3.05) is 13.2 Å². The Morgan fingerprint density at radius 2 is 1.52 bits per heavy atom. The van der Waals surface area contributed by atoms with Crippen LogP contribution < -0.4 is 14.8 Å². The Hall–Kier alpha value is -3.53. The zero-order valence-corrected chi connectivity index (χ0v) is 16.5. The highest BCUT2D eigenvalue weighted by Gasteiger charge is 1.98. The zero-order chi connectivity index (χ0) is 20.3. The van der Waals surface area contributed by atoms with Crippen LogP contribution in [0.4, 0.5) is 0 Å². The number of hydrogen-bond donors (Lipinski definition) is 1. The van der Waals surface area contributed by atoms with Gasteiger partial charge in [-0.05, 0) is 48.4 Å². The number of nitrogens with one attached hydrogen (secondary N) is 1. The molecule has 0 radical (unpaired) electrons. The summed E-state index contributed by atoms with van der Waals surface area (Å²) < 4.78 is 11.4. The van der Waals surface area contributed by atoms with E-state index in [4.69, 9.17) is 9.47 Å². The second-order valence-corrected chi connectivity index (χ2v) is 6.63. The van der Waals surface area contributed by atoms with Crippen molar-refractivity contribution in [3.63, 3.8) is 0 Å². The van der Waals surface area contributed by atoms with Gasteiger partial charge in [-0.1, -0.05) is 60.2 Å². The molecule has 3 aromatic carbocycles. The lowest BCUT2D eigenvalue weighted by molar-refractivity contribution is -0.116. The van der Waals surface area contributed by atoms with E-state index in [9.17, 15) is 4.79 Å². The normalized spacial score (nSPS) is 10.7. The minimum atomic E-state index is -0.151. The number of carbonyl (C=O) groups is 1. The number of rotatable bonds is 9. The summed E-state index contributed by atoms with van der Waals surface area (Å²) >= 11 is 0. The van der Waals surface area contributed by atoms with Gasteiger partial charge in [0.25, 0.3) is 0 Å². The summed E-state index contributed by atoms with van der Waals surface area (Å²) in [4.78, 5) is 11.9. The summed E-state index contributed by atoms with van der Waals surface area (Å²) in [5, 5.41) is 2.81. The molecule has 0 atom stereocenters. The van der Waals surface area contributed by atoms with Crippen LogP contribution in [0.25, 0.3) is 6.08 Å². The lowest BCUT2D eigenvalue weighted by Gasteiger charge is -2.07. The number of aryl methyl sites for hydroxylation is 1. The second kappa shape index (κ2) is 10.7. The van der Waals surface area contributed by atoms with Gasteiger partial charge in [0, 0.05) is 6.08 Å². The first kappa shape index (κ1) is 20.2. The molecule has 148 valence electrons. The van der Waals surface area contributed by atoms with Crippen molar-refractivity contribution in [1.82, 2.24) is 5.32 Å². The molecule has 0 aromatic heterocycles. The first-order valence-corrected chi connectivity index (χ1v) is 9.61. The summed E-state index contributed by atoms with van der Waals surface area (Å²) in [6, 6.07) is 25.5. The van der Waals surface area contributed by atoms with Gasteiger partial charge in [-0.2, -0.15) is 0 Å². The van der Waals surface area contributed by atoms with Gasteiger partial charge in [0.2, 0.25) is 5.91 Å². The minimum Gasteiger partial charge on any atom is -0.492 e. The molecule has 0 aliphatic heterocycles. The van der Waals surface area contributed by atoms with E-state index in [1.54, 1.807) is 6.08 Å². The summed E-state index contributed by atoms with van der Waals surface area (Å²) in [5.41, 5.74) is 3.24. The standard InChI is InChI=1S/C25H25NO3/c1-20-7-12-23(13-8-20)28-18-17-26-25(27)16-11-21-9-14-24(15-10-21)29-19-22-5-3-2-4-6-22/h2-16H,17-19H2,1H3,(H,26,27)/b16-11+. The van der Waals surface area contributed by atoms with Crippen molar-refractivity contribution in [3.8, 4) is 11.5 Å². The molecule has 0 unspecified atom stereocenters. The predicted octanol–water partition coefficient (Wildman–Crippen LogP) is 4.78.